The molecular weight excluding hydrogens is 318 g/mol. The second-order valence-corrected chi connectivity index (χ2v) is 8.41. The van der Waals surface area contributed by atoms with Crippen LogP contribution in [0.15, 0.2) is 52.9 Å². The number of rotatable bonds is 6. The molecule has 1 aromatic heterocycles. The fraction of sp³-hybridized carbons (Fsp3) is 0.417. The summed E-state index contributed by atoms with van der Waals surface area (Å²) in [7, 11) is 0. The molecule has 1 saturated heterocycles. The molecule has 2 aromatic carbocycles. The molecule has 2 heteroatoms. The average molecular weight is 348 g/mol. The zero-order valence-corrected chi connectivity index (χ0v) is 16.2. The van der Waals surface area contributed by atoms with E-state index in [1.165, 1.54) is 36.0 Å². The number of aryl methyl sites for hydroxylation is 1. The van der Waals surface area contributed by atoms with Gasteiger partial charge in [-0.25, -0.2) is 0 Å². The first-order valence-corrected chi connectivity index (χ1v) is 9.91. The molecule has 0 unspecified atom stereocenters. The maximum absolute atomic E-state index is 6.09. The molecule has 4 rings (SSSR count). The second-order valence-electron chi connectivity index (χ2n) is 8.41. The van der Waals surface area contributed by atoms with Gasteiger partial charge >= 0.3 is 0 Å². The zero-order chi connectivity index (χ0) is 18.1. The van der Waals surface area contributed by atoms with Gasteiger partial charge in [0.1, 0.15) is 11.3 Å². The van der Waals surface area contributed by atoms with E-state index in [0.29, 0.717) is 0 Å². The first-order valence-electron chi connectivity index (χ1n) is 9.91. The Labute approximate surface area is 156 Å². The van der Waals surface area contributed by atoms with Crippen LogP contribution in [0, 0.1) is 11.8 Å². The highest BCUT2D eigenvalue weighted by Crippen LogP contribution is 2.29. The molecule has 0 radical (unpaired) electrons. The van der Waals surface area contributed by atoms with Crippen LogP contribution in [-0.2, 0) is 13.0 Å². The van der Waals surface area contributed by atoms with Gasteiger partial charge in [0.2, 0.25) is 0 Å². The Balaban J connectivity index is 1.49. The molecule has 26 heavy (non-hydrogen) atoms. The number of furan rings is 1. The number of benzene rings is 2. The van der Waals surface area contributed by atoms with Gasteiger partial charge in [-0.2, -0.15) is 0 Å². The molecule has 0 saturated carbocycles. The standard InChI is InChI=1S/C24H29NO/c1-17(2)4-5-19-8-11-23-22(12-19)13-24(26-23)21-9-6-20(7-10-21)16-25-14-18(3)15-25/h6-13,17-18H,4-5,14-16H2,1-3H3. The number of nitrogens with zero attached hydrogens (tertiary/aromatic N) is 1. The summed E-state index contributed by atoms with van der Waals surface area (Å²) in [6, 6.07) is 17.6. The van der Waals surface area contributed by atoms with Crippen LogP contribution in [0.5, 0.6) is 0 Å². The Hall–Kier alpha value is -2.06. The van der Waals surface area contributed by atoms with Gasteiger partial charge in [-0.1, -0.05) is 51.1 Å². The smallest absolute Gasteiger partial charge is 0.135 e. The molecule has 2 nitrogen and oxygen atoms in total. The molecule has 0 N–H and O–H groups in total. The monoisotopic (exact) mass is 347 g/mol. The van der Waals surface area contributed by atoms with Crippen molar-refractivity contribution in [2.24, 2.45) is 11.8 Å². The fourth-order valence-electron chi connectivity index (χ4n) is 3.84. The highest BCUT2D eigenvalue weighted by molar-refractivity contribution is 5.83. The van der Waals surface area contributed by atoms with Gasteiger partial charge in [-0.3, -0.25) is 4.90 Å². The maximum atomic E-state index is 6.09. The summed E-state index contributed by atoms with van der Waals surface area (Å²) in [6.07, 6.45) is 2.37. The summed E-state index contributed by atoms with van der Waals surface area (Å²) < 4.78 is 6.09. The van der Waals surface area contributed by atoms with Crippen LogP contribution in [0.4, 0.5) is 0 Å². The summed E-state index contributed by atoms with van der Waals surface area (Å²) in [5.41, 5.74) is 4.92. The third kappa shape index (κ3) is 3.86. The minimum atomic E-state index is 0.739. The normalized spacial score (nSPS) is 15.7. The summed E-state index contributed by atoms with van der Waals surface area (Å²) in [5, 5.41) is 1.21. The van der Waals surface area contributed by atoms with Gasteiger partial charge in [-0.05, 0) is 54.0 Å². The third-order valence-corrected chi connectivity index (χ3v) is 5.38. The molecule has 0 amide bonds. The van der Waals surface area contributed by atoms with E-state index in [1.807, 2.05) is 0 Å². The Bertz CT molecular complexity index is 869. The van der Waals surface area contributed by atoms with Crippen LogP contribution in [0.25, 0.3) is 22.3 Å². The van der Waals surface area contributed by atoms with Gasteiger partial charge in [0.25, 0.3) is 0 Å². The molecule has 1 aliphatic heterocycles. The summed E-state index contributed by atoms with van der Waals surface area (Å²) >= 11 is 0. The van der Waals surface area contributed by atoms with Gasteiger partial charge in [0.05, 0.1) is 0 Å². The van der Waals surface area contributed by atoms with Crippen molar-refractivity contribution in [2.45, 2.75) is 40.2 Å². The van der Waals surface area contributed by atoms with Crippen LogP contribution >= 0.6 is 0 Å². The fourth-order valence-corrected chi connectivity index (χ4v) is 3.84. The lowest BCUT2D eigenvalue weighted by Crippen LogP contribution is -2.44. The van der Waals surface area contributed by atoms with Crippen molar-refractivity contribution in [3.63, 3.8) is 0 Å². The lowest BCUT2D eigenvalue weighted by Gasteiger charge is -2.37. The van der Waals surface area contributed by atoms with E-state index in [0.717, 1.165) is 41.7 Å². The Morgan fingerprint density at radius 2 is 1.73 bits per heavy atom. The molecule has 0 bridgehead atoms. The Morgan fingerprint density at radius 1 is 1.00 bits per heavy atom. The quantitative estimate of drug-likeness (QED) is 0.532. The number of fused-ring (bicyclic) bond motifs is 1. The molecule has 0 aliphatic carbocycles. The van der Waals surface area contributed by atoms with E-state index in [1.54, 1.807) is 0 Å². The first-order chi connectivity index (χ1) is 12.6. The van der Waals surface area contributed by atoms with Crippen LogP contribution < -0.4 is 0 Å². The van der Waals surface area contributed by atoms with Crippen LogP contribution in [0.1, 0.15) is 38.3 Å². The molecule has 1 aliphatic rings. The van der Waals surface area contributed by atoms with E-state index in [-0.39, 0.29) is 0 Å². The molecular formula is C24H29NO. The SMILES string of the molecule is CC(C)CCc1ccc2oc(-c3ccc(CN4CC(C)C4)cc3)cc2c1. The largest absolute Gasteiger partial charge is 0.456 e. The predicted molar refractivity (Wildman–Crippen MR) is 109 cm³/mol. The van der Waals surface area contributed by atoms with Gasteiger partial charge < -0.3 is 4.42 Å². The minimum Gasteiger partial charge on any atom is -0.456 e. The second kappa shape index (κ2) is 7.28. The number of hydrogen-bond donors (Lipinski definition) is 0. The van der Waals surface area contributed by atoms with E-state index < -0.39 is 0 Å². The Kier molecular flexibility index (Phi) is 4.86. The molecule has 2 heterocycles. The Morgan fingerprint density at radius 3 is 2.42 bits per heavy atom. The van der Waals surface area contributed by atoms with Crippen LogP contribution in [0.2, 0.25) is 0 Å². The third-order valence-electron chi connectivity index (χ3n) is 5.38. The highest BCUT2D eigenvalue weighted by Gasteiger charge is 2.21. The molecule has 1 fully saturated rings. The molecule has 136 valence electrons. The summed E-state index contributed by atoms with van der Waals surface area (Å²) in [4.78, 5) is 2.50. The lowest BCUT2D eigenvalue weighted by atomic mass is 10.0. The van der Waals surface area contributed by atoms with Crippen molar-refractivity contribution in [3.8, 4) is 11.3 Å². The van der Waals surface area contributed by atoms with Gasteiger partial charge in [-0.15, -0.1) is 0 Å². The lowest BCUT2D eigenvalue weighted by molar-refractivity contribution is 0.105. The van der Waals surface area contributed by atoms with E-state index in [2.05, 4.69) is 74.2 Å². The molecule has 3 aromatic rings. The van der Waals surface area contributed by atoms with E-state index in [4.69, 9.17) is 4.42 Å². The van der Waals surface area contributed by atoms with Crippen molar-refractivity contribution in [2.75, 3.05) is 13.1 Å². The summed E-state index contributed by atoms with van der Waals surface area (Å²) in [6.45, 7) is 10.4. The highest BCUT2D eigenvalue weighted by atomic mass is 16.3. The average Bonchev–Trinajstić information content (AvgIpc) is 3.02. The van der Waals surface area contributed by atoms with Crippen molar-refractivity contribution in [3.05, 3.63) is 59.7 Å². The van der Waals surface area contributed by atoms with Crippen LogP contribution in [0.3, 0.4) is 0 Å². The minimum absolute atomic E-state index is 0.739. The van der Waals surface area contributed by atoms with E-state index >= 15 is 0 Å². The zero-order valence-electron chi connectivity index (χ0n) is 16.2. The first kappa shape index (κ1) is 17.4. The van der Waals surface area contributed by atoms with Crippen molar-refractivity contribution in [1.29, 1.82) is 0 Å². The molecule has 0 atom stereocenters. The molecule has 0 spiro atoms. The van der Waals surface area contributed by atoms with Gasteiger partial charge in [0, 0.05) is 30.6 Å². The van der Waals surface area contributed by atoms with Gasteiger partial charge in [0.15, 0.2) is 0 Å². The number of likely N-dealkylation sites (tertiary alicyclic amines) is 1. The van der Waals surface area contributed by atoms with E-state index in [9.17, 15) is 0 Å². The number of hydrogen-bond acceptors (Lipinski definition) is 2. The van der Waals surface area contributed by atoms with Crippen LogP contribution in [-0.4, -0.2) is 18.0 Å². The van der Waals surface area contributed by atoms with Crippen molar-refractivity contribution >= 4 is 11.0 Å². The summed E-state index contributed by atoms with van der Waals surface area (Å²) in [5.74, 6) is 2.56. The topological polar surface area (TPSA) is 16.4 Å². The van der Waals surface area contributed by atoms with Crippen molar-refractivity contribution < 1.29 is 4.42 Å². The predicted octanol–water partition coefficient (Wildman–Crippen LogP) is 6.14. The maximum Gasteiger partial charge on any atom is 0.135 e. The van der Waals surface area contributed by atoms with Crippen molar-refractivity contribution in [1.82, 2.24) is 4.90 Å².